The third kappa shape index (κ3) is 6.21. The molecule has 10 nitrogen and oxygen atoms in total. The summed E-state index contributed by atoms with van der Waals surface area (Å²) in [6.45, 7) is 0.0526. The van der Waals surface area contributed by atoms with Crippen LogP contribution in [-0.2, 0) is 34.3 Å². The van der Waals surface area contributed by atoms with E-state index in [4.69, 9.17) is 9.47 Å². The Morgan fingerprint density at radius 3 is 1.68 bits per heavy atom. The third-order valence-corrected chi connectivity index (χ3v) is 7.85. The van der Waals surface area contributed by atoms with E-state index in [1.165, 1.54) is 0 Å². The number of cyclic esters (lactones) is 1. The van der Waals surface area contributed by atoms with Crippen molar-refractivity contribution in [1.82, 2.24) is 0 Å². The quantitative estimate of drug-likeness (QED) is 0.406. The second kappa shape index (κ2) is 10.1. The minimum absolute atomic E-state index is 0.0526. The number of rotatable bonds is 8. The van der Waals surface area contributed by atoms with Gasteiger partial charge in [0.15, 0.2) is 0 Å². The van der Waals surface area contributed by atoms with Gasteiger partial charge in [-0.25, -0.2) is 35.2 Å². The minimum Gasteiger partial charge on any atom is -0.463 e. The van der Waals surface area contributed by atoms with Gasteiger partial charge in [-0.2, -0.15) is 0 Å². The molecule has 194 valence electrons. The van der Waals surface area contributed by atoms with Gasteiger partial charge in [-0.1, -0.05) is 0 Å². The molecule has 0 amide bonds. The van der Waals surface area contributed by atoms with Gasteiger partial charge in [0.2, 0.25) is 6.10 Å². The molecule has 0 aliphatic carbocycles. The fourth-order valence-corrected chi connectivity index (χ4v) is 5.38. The topological polar surface area (TPSA) is 145 Å². The average Bonchev–Trinajstić information content (AvgIpc) is 3.23. The molecular weight excluding hydrogens is 534 g/mol. The molecule has 1 aliphatic heterocycles. The van der Waals surface area contributed by atoms with E-state index >= 15 is 0 Å². The van der Waals surface area contributed by atoms with E-state index in [9.17, 15) is 35.2 Å². The summed E-state index contributed by atoms with van der Waals surface area (Å²) in [5.41, 5.74) is -0.787. The molecule has 1 aliphatic rings. The molecule has 1 saturated heterocycles. The van der Waals surface area contributed by atoms with E-state index in [-0.39, 0.29) is 39.8 Å². The zero-order chi connectivity index (χ0) is 26.8. The summed E-state index contributed by atoms with van der Waals surface area (Å²) in [5.74, 6) is -3.12. The molecule has 0 spiro atoms. The Balaban J connectivity index is 1.69. The molecule has 2 N–H and O–H groups in total. The molecule has 1 unspecified atom stereocenters. The predicted octanol–water partition coefficient (Wildman–Crippen LogP) is 3.04. The molecule has 3 aromatic rings. The van der Waals surface area contributed by atoms with Crippen molar-refractivity contribution in [2.45, 2.75) is 22.3 Å². The Labute approximate surface area is 210 Å². The number of sulfonamides is 2. The Bertz CT molecular complexity index is 1460. The Morgan fingerprint density at radius 1 is 0.811 bits per heavy atom. The summed E-state index contributed by atoms with van der Waals surface area (Å²) in [5, 5.41) is 0. The monoisotopic (exact) mass is 552 g/mol. The molecular formula is C23H18F2N2O8S2. The van der Waals surface area contributed by atoms with Gasteiger partial charge in [-0.15, -0.1) is 0 Å². The molecule has 1 atom stereocenters. The fourth-order valence-electron chi connectivity index (χ4n) is 3.30. The third-order valence-electron chi connectivity index (χ3n) is 5.06. The molecule has 4 rings (SSSR count). The van der Waals surface area contributed by atoms with E-state index in [2.05, 4.69) is 9.44 Å². The van der Waals surface area contributed by atoms with Gasteiger partial charge >= 0.3 is 11.9 Å². The van der Waals surface area contributed by atoms with E-state index in [1.807, 2.05) is 0 Å². The highest BCUT2D eigenvalue weighted by atomic mass is 32.2. The number of benzene rings is 3. The number of carbonyl (C=O) groups is 2. The largest absolute Gasteiger partial charge is 0.463 e. The lowest BCUT2D eigenvalue weighted by atomic mass is 10.2. The van der Waals surface area contributed by atoms with E-state index in [1.54, 1.807) is 0 Å². The summed E-state index contributed by atoms with van der Waals surface area (Å²) in [6, 6.07) is 11.0. The smallest absolute Gasteiger partial charge is 0.347 e. The van der Waals surface area contributed by atoms with Gasteiger partial charge in [0.25, 0.3) is 20.0 Å². The number of hydrogen-bond acceptors (Lipinski definition) is 8. The van der Waals surface area contributed by atoms with Gasteiger partial charge in [-0.05, 0) is 66.7 Å². The van der Waals surface area contributed by atoms with Crippen LogP contribution in [0.15, 0.2) is 76.5 Å². The molecule has 3 aromatic carbocycles. The van der Waals surface area contributed by atoms with Crippen LogP contribution in [-0.4, -0.2) is 41.5 Å². The predicted molar refractivity (Wildman–Crippen MR) is 126 cm³/mol. The number of halogens is 2. The number of anilines is 2. The maximum Gasteiger partial charge on any atom is 0.347 e. The lowest BCUT2D eigenvalue weighted by Gasteiger charge is -2.15. The van der Waals surface area contributed by atoms with E-state index < -0.39 is 49.7 Å². The number of nitrogens with one attached hydrogen (secondary N) is 2. The molecule has 0 bridgehead atoms. The standard InChI is InChI=1S/C23H18F2N2O8S2/c24-15-1-5-19(6-2-15)36(30,31)26-17-11-14(22(28)35-21-9-10-34-23(21)29)12-18(13-17)27-37(32,33)20-7-3-16(25)4-8-20/h1-8,11-13,21,26-27H,9-10H2. The summed E-state index contributed by atoms with van der Waals surface area (Å²) in [7, 11) is -8.57. The first-order chi connectivity index (χ1) is 17.4. The summed E-state index contributed by atoms with van der Waals surface area (Å²) in [4.78, 5) is 23.8. The van der Waals surface area contributed by atoms with Crippen LogP contribution < -0.4 is 9.44 Å². The number of carbonyl (C=O) groups excluding carboxylic acids is 2. The van der Waals surface area contributed by atoms with Crippen molar-refractivity contribution >= 4 is 43.4 Å². The second-order valence-corrected chi connectivity index (χ2v) is 11.1. The van der Waals surface area contributed by atoms with Crippen molar-refractivity contribution in [3.63, 3.8) is 0 Å². The number of hydrogen-bond donors (Lipinski definition) is 2. The van der Waals surface area contributed by atoms with Gasteiger partial charge in [-0.3, -0.25) is 9.44 Å². The van der Waals surface area contributed by atoms with Gasteiger partial charge < -0.3 is 9.47 Å². The normalized spacial score (nSPS) is 15.6. The average molecular weight is 553 g/mol. The van der Waals surface area contributed by atoms with Crippen LogP contribution in [0.2, 0.25) is 0 Å². The van der Waals surface area contributed by atoms with E-state index in [0.717, 1.165) is 66.7 Å². The maximum atomic E-state index is 13.2. The van der Waals surface area contributed by atoms with Crippen LogP contribution in [0, 0.1) is 11.6 Å². The Kier molecular flexibility index (Phi) is 7.14. The van der Waals surface area contributed by atoms with Crippen molar-refractivity contribution in [3.05, 3.63) is 83.9 Å². The van der Waals surface area contributed by atoms with Crippen LogP contribution in [0.5, 0.6) is 0 Å². The first-order valence-corrected chi connectivity index (χ1v) is 13.5. The highest BCUT2D eigenvalue weighted by Crippen LogP contribution is 2.26. The minimum atomic E-state index is -4.28. The lowest BCUT2D eigenvalue weighted by molar-refractivity contribution is -0.145. The fraction of sp³-hybridized carbons (Fsp3) is 0.130. The van der Waals surface area contributed by atoms with Gasteiger partial charge in [0.1, 0.15) is 11.6 Å². The number of ether oxygens (including phenoxy) is 2. The summed E-state index contributed by atoms with van der Waals surface area (Å²) >= 11 is 0. The number of esters is 2. The van der Waals surface area contributed by atoms with Crippen molar-refractivity contribution < 1.29 is 44.7 Å². The van der Waals surface area contributed by atoms with Gasteiger partial charge in [0, 0.05) is 6.42 Å². The summed E-state index contributed by atoms with van der Waals surface area (Å²) in [6.07, 6.45) is -1.06. The second-order valence-electron chi connectivity index (χ2n) is 7.77. The molecule has 1 fully saturated rings. The van der Waals surface area contributed by atoms with Crippen molar-refractivity contribution in [1.29, 1.82) is 0 Å². The van der Waals surface area contributed by atoms with Crippen LogP contribution in [0.4, 0.5) is 20.2 Å². The molecule has 0 radical (unpaired) electrons. The highest BCUT2D eigenvalue weighted by Gasteiger charge is 2.31. The van der Waals surface area contributed by atoms with Crippen LogP contribution in [0.25, 0.3) is 0 Å². The molecule has 37 heavy (non-hydrogen) atoms. The summed E-state index contributed by atoms with van der Waals surface area (Å²) < 4.78 is 91.8. The SMILES string of the molecule is O=C(OC1CCOC1=O)c1cc(NS(=O)(=O)c2ccc(F)cc2)cc(NS(=O)(=O)c2ccc(F)cc2)c1. The highest BCUT2D eigenvalue weighted by molar-refractivity contribution is 7.93. The lowest BCUT2D eigenvalue weighted by Crippen LogP contribution is -2.23. The van der Waals surface area contributed by atoms with Crippen LogP contribution in [0.3, 0.4) is 0 Å². The zero-order valence-corrected chi connectivity index (χ0v) is 20.3. The van der Waals surface area contributed by atoms with Crippen LogP contribution >= 0.6 is 0 Å². The molecule has 0 aromatic heterocycles. The molecule has 14 heteroatoms. The van der Waals surface area contributed by atoms with Crippen LogP contribution in [0.1, 0.15) is 16.8 Å². The Morgan fingerprint density at radius 2 is 1.27 bits per heavy atom. The molecule has 0 saturated carbocycles. The Hall–Kier alpha value is -4.04. The van der Waals surface area contributed by atoms with Crippen molar-refractivity contribution in [2.24, 2.45) is 0 Å². The molecule has 1 heterocycles. The van der Waals surface area contributed by atoms with Crippen molar-refractivity contribution in [3.8, 4) is 0 Å². The van der Waals surface area contributed by atoms with Crippen molar-refractivity contribution in [2.75, 3.05) is 16.1 Å². The van der Waals surface area contributed by atoms with E-state index in [0.29, 0.717) is 0 Å². The maximum absolute atomic E-state index is 13.2. The van der Waals surface area contributed by atoms with Gasteiger partial charge in [0.05, 0.1) is 33.3 Å². The first kappa shape index (κ1) is 26.0. The zero-order valence-electron chi connectivity index (χ0n) is 18.7. The first-order valence-electron chi connectivity index (χ1n) is 10.5.